The molecule has 0 unspecified atom stereocenters. The summed E-state index contributed by atoms with van der Waals surface area (Å²) in [7, 11) is 0. The van der Waals surface area contributed by atoms with Gasteiger partial charge in [-0.3, -0.25) is 4.79 Å². The van der Waals surface area contributed by atoms with Crippen molar-refractivity contribution in [1.82, 2.24) is 15.3 Å². The quantitative estimate of drug-likeness (QED) is 0.843. The van der Waals surface area contributed by atoms with Crippen LogP contribution in [0, 0.1) is 5.92 Å². The van der Waals surface area contributed by atoms with Crippen molar-refractivity contribution in [1.29, 1.82) is 0 Å². The van der Waals surface area contributed by atoms with Crippen LogP contribution in [-0.4, -0.2) is 33.0 Å². The van der Waals surface area contributed by atoms with Crippen molar-refractivity contribution in [3.63, 3.8) is 0 Å². The maximum absolute atomic E-state index is 11.7. The number of aromatic nitrogens is 2. The molecule has 0 saturated heterocycles. The fourth-order valence-corrected chi connectivity index (χ4v) is 1.45. The molecule has 1 rings (SSSR count). The van der Waals surface area contributed by atoms with Gasteiger partial charge in [-0.15, -0.1) is 0 Å². The number of hydrogen-bond acceptors (Lipinski definition) is 4. The van der Waals surface area contributed by atoms with Crippen LogP contribution in [0.2, 0.25) is 5.15 Å². The lowest BCUT2D eigenvalue weighted by Gasteiger charge is -2.15. The highest BCUT2D eigenvalue weighted by atomic mass is 35.5. The highest BCUT2D eigenvalue weighted by Gasteiger charge is 2.22. The molecule has 0 aliphatic heterocycles. The van der Waals surface area contributed by atoms with Crippen molar-refractivity contribution in [2.45, 2.75) is 26.3 Å². The molecule has 98 valence electrons. The number of carbonyl (C=O) groups excluding carboxylic acids is 1. The van der Waals surface area contributed by atoms with E-state index < -0.39 is 17.9 Å². The van der Waals surface area contributed by atoms with E-state index >= 15 is 0 Å². The lowest BCUT2D eigenvalue weighted by molar-refractivity contribution is -0.139. The number of carboxylic acid groups (broad SMARTS) is 1. The summed E-state index contributed by atoms with van der Waals surface area (Å²) >= 11 is 5.54. The summed E-state index contributed by atoms with van der Waals surface area (Å²) in [4.78, 5) is 30.2. The second kappa shape index (κ2) is 6.30. The summed E-state index contributed by atoms with van der Waals surface area (Å²) in [6.45, 7) is 3.76. The summed E-state index contributed by atoms with van der Waals surface area (Å²) < 4.78 is 0. The standard InChI is InChI=1S/C11H14ClN3O3/c1-6(2)3-7(11(17)18)15-10(16)8-4-14-9(12)5-13-8/h4-7H,3H2,1-2H3,(H,15,16)(H,17,18)/t7-/m1/s1. The average molecular weight is 272 g/mol. The van der Waals surface area contributed by atoms with Crippen molar-refractivity contribution in [3.8, 4) is 0 Å². The maximum atomic E-state index is 11.7. The summed E-state index contributed by atoms with van der Waals surface area (Å²) in [6.07, 6.45) is 2.78. The molecule has 0 bridgehead atoms. The Morgan fingerprint density at radius 2 is 2.06 bits per heavy atom. The topological polar surface area (TPSA) is 92.2 Å². The van der Waals surface area contributed by atoms with E-state index in [1.54, 1.807) is 0 Å². The van der Waals surface area contributed by atoms with E-state index in [2.05, 4.69) is 15.3 Å². The third kappa shape index (κ3) is 4.29. The first-order valence-electron chi connectivity index (χ1n) is 5.41. The largest absolute Gasteiger partial charge is 0.480 e. The first-order chi connectivity index (χ1) is 8.40. The molecular formula is C11H14ClN3O3. The molecule has 1 aromatic rings. The molecule has 18 heavy (non-hydrogen) atoms. The minimum Gasteiger partial charge on any atom is -0.480 e. The van der Waals surface area contributed by atoms with E-state index in [0.717, 1.165) is 0 Å². The second-order valence-electron chi connectivity index (χ2n) is 4.22. The fourth-order valence-electron chi connectivity index (χ4n) is 1.35. The number of nitrogens with zero attached hydrogens (tertiary/aromatic N) is 2. The first-order valence-corrected chi connectivity index (χ1v) is 5.79. The van der Waals surface area contributed by atoms with Crippen LogP contribution in [0.25, 0.3) is 0 Å². The Morgan fingerprint density at radius 1 is 1.39 bits per heavy atom. The van der Waals surface area contributed by atoms with Gasteiger partial charge in [-0.25, -0.2) is 14.8 Å². The minimum absolute atomic E-state index is 0.0365. The molecule has 0 spiro atoms. The molecule has 1 atom stereocenters. The molecule has 0 aliphatic rings. The predicted molar refractivity (Wildman–Crippen MR) is 65.4 cm³/mol. The monoisotopic (exact) mass is 271 g/mol. The zero-order chi connectivity index (χ0) is 13.7. The number of hydrogen-bond donors (Lipinski definition) is 2. The molecule has 0 fully saturated rings. The highest BCUT2D eigenvalue weighted by molar-refractivity contribution is 6.29. The number of aliphatic carboxylic acids is 1. The van der Waals surface area contributed by atoms with E-state index in [4.69, 9.17) is 16.7 Å². The highest BCUT2D eigenvalue weighted by Crippen LogP contribution is 2.06. The lowest BCUT2D eigenvalue weighted by Crippen LogP contribution is -2.41. The van der Waals surface area contributed by atoms with Gasteiger partial charge in [-0.1, -0.05) is 25.4 Å². The summed E-state index contributed by atoms with van der Waals surface area (Å²) in [6, 6.07) is -0.935. The van der Waals surface area contributed by atoms with Crippen LogP contribution < -0.4 is 5.32 Å². The SMILES string of the molecule is CC(C)C[C@@H](NC(=O)c1cnc(Cl)cn1)C(=O)O. The number of halogens is 1. The first kappa shape index (κ1) is 14.4. The molecular weight excluding hydrogens is 258 g/mol. The van der Waals surface area contributed by atoms with Gasteiger partial charge in [0, 0.05) is 0 Å². The van der Waals surface area contributed by atoms with Gasteiger partial charge in [0.25, 0.3) is 5.91 Å². The Labute approximate surface area is 109 Å². The van der Waals surface area contributed by atoms with E-state index in [1.165, 1.54) is 12.4 Å². The second-order valence-corrected chi connectivity index (χ2v) is 4.61. The van der Waals surface area contributed by atoms with Crippen molar-refractivity contribution >= 4 is 23.5 Å². The molecule has 0 aromatic carbocycles. The summed E-state index contributed by atoms with van der Waals surface area (Å²) in [5.41, 5.74) is 0.0365. The third-order valence-corrected chi connectivity index (χ3v) is 2.36. The Hall–Kier alpha value is -1.69. The van der Waals surface area contributed by atoms with Crippen LogP contribution >= 0.6 is 11.6 Å². The average Bonchev–Trinajstić information content (AvgIpc) is 2.28. The molecule has 1 heterocycles. The maximum Gasteiger partial charge on any atom is 0.326 e. The van der Waals surface area contributed by atoms with Gasteiger partial charge in [0.15, 0.2) is 0 Å². The Morgan fingerprint density at radius 3 is 2.50 bits per heavy atom. The van der Waals surface area contributed by atoms with Crippen LogP contribution in [0.1, 0.15) is 30.8 Å². The third-order valence-electron chi connectivity index (χ3n) is 2.16. The van der Waals surface area contributed by atoms with Crippen LogP contribution in [0.3, 0.4) is 0 Å². The van der Waals surface area contributed by atoms with E-state index in [0.29, 0.717) is 6.42 Å². The normalized spacial score (nSPS) is 12.2. The van der Waals surface area contributed by atoms with E-state index in [9.17, 15) is 9.59 Å². The van der Waals surface area contributed by atoms with Crippen molar-refractivity contribution < 1.29 is 14.7 Å². The Balaban J connectivity index is 2.72. The van der Waals surface area contributed by atoms with Gasteiger partial charge in [0.05, 0.1) is 12.4 Å². The van der Waals surface area contributed by atoms with Crippen molar-refractivity contribution in [2.24, 2.45) is 5.92 Å². The molecule has 1 aromatic heterocycles. The number of carboxylic acids is 1. The Bertz CT molecular complexity index is 434. The van der Waals surface area contributed by atoms with Gasteiger partial charge in [-0.2, -0.15) is 0 Å². The number of rotatable bonds is 5. The van der Waals surface area contributed by atoms with Crippen LogP contribution in [-0.2, 0) is 4.79 Å². The van der Waals surface area contributed by atoms with Gasteiger partial charge >= 0.3 is 5.97 Å². The number of carbonyl (C=O) groups is 2. The molecule has 1 amide bonds. The Kier molecular flexibility index (Phi) is 5.03. The molecule has 0 aliphatic carbocycles. The molecule has 7 heteroatoms. The smallest absolute Gasteiger partial charge is 0.326 e. The zero-order valence-electron chi connectivity index (χ0n) is 10.1. The van der Waals surface area contributed by atoms with Crippen molar-refractivity contribution in [2.75, 3.05) is 0 Å². The van der Waals surface area contributed by atoms with Crippen molar-refractivity contribution in [3.05, 3.63) is 23.2 Å². The summed E-state index contributed by atoms with van der Waals surface area (Å²) in [5, 5.41) is 11.6. The molecule has 0 radical (unpaired) electrons. The van der Waals surface area contributed by atoms with Gasteiger partial charge < -0.3 is 10.4 Å². The fraction of sp³-hybridized carbons (Fsp3) is 0.455. The number of nitrogens with one attached hydrogen (secondary N) is 1. The van der Waals surface area contributed by atoms with Gasteiger partial charge in [0.2, 0.25) is 0 Å². The van der Waals surface area contributed by atoms with Crippen LogP contribution in [0.15, 0.2) is 12.4 Å². The predicted octanol–water partition coefficient (Wildman–Crippen LogP) is 1.36. The molecule has 6 nitrogen and oxygen atoms in total. The van der Waals surface area contributed by atoms with Crippen LogP contribution in [0.5, 0.6) is 0 Å². The van der Waals surface area contributed by atoms with Gasteiger partial charge in [-0.05, 0) is 12.3 Å². The molecule has 2 N–H and O–H groups in total. The minimum atomic E-state index is -1.07. The summed E-state index contributed by atoms with van der Waals surface area (Å²) in [5.74, 6) is -1.49. The van der Waals surface area contributed by atoms with Gasteiger partial charge in [0.1, 0.15) is 16.9 Å². The lowest BCUT2D eigenvalue weighted by atomic mass is 10.0. The van der Waals surface area contributed by atoms with E-state index in [1.807, 2.05) is 13.8 Å². The molecule has 0 saturated carbocycles. The zero-order valence-corrected chi connectivity index (χ0v) is 10.8. The number of amides is 1. The van der Waals surface area contributed by atoms with Crippen LogP contribution in [0.4, 0.5) is 0 Å². The van der Waals surface area contributed by atoms with E-state index in [-0.39, 0.29) is 16.8 Å².